The number of rotatable bonds is 1. The topological polar surface area (TPSA) is 87.6 Å². The molecule has 0 unspecified atom stereocenters. The number of fused-ring (bicyclic) bond motifs is 1. The number of pyridine rings is 1. The number of hydrogen-bond donors (Lipinski definition) is 2. The first-order valence-corrected chi connectivity index (χ1v) is 4.31. The van der Waals surface area contributed by atoms with Gasteiger partial charge in [0.05, 0.1) is 17.3 Å². The van der Waals surface area contributed by atoms with E-state index in [1.807, 2.05) is 6.07 Å². The molecule has 0 spiro atoms. The van der Waals surface area contributed by atoms with Crippen LogP contribution in [0.4, 0.5) is 0 Å². The van der Waals surface area contributed by atoms with Gasteiger partial charge in [-0.15, -0.1) is 5.10 Å². The minimum atomic E-state index is -0.562. The molecule has 74 valence electrons. The summed E-state index contributed by atoms with van der Waals surface area (Å²) in [5, 5.41) is 6.90. The molecule has 0 aliphatic heterocycles. The van der Waals surface area contributed by atoms with Crippen LogP contribution in [0.15, 0.2) is 33.9 Å². The van der Waals surface area contributed by atoms with Crippen LogP contribution in [0.1, 0.15) is 0 Å². The molecule has 0 radical (unpaired) electrons. The van der Waals surface area contributed by atoms with Crippen molar-refractivity contribution in [1.29, 1.82) is 0 Å². The van der Waals surface area contributed by atoms with Crippen molar-refractivity contribution < 1.29 is 4.42 Å². The molecule has 2 N–H and O–H groups in total. The SMILES string of the molecule is O=c1[nH]nc(-c2c[nH]c3cnccc23)o1. The molecule has 3 heterocycles. The van der Waals surface area contributed by atoms with Gasteiger partial charge in [0.15, 0.2) is 0 Å². The highest BCUT2D eigenvalue weighted by atomic mass is 16.4. The lowest BCUT2D eigenvalue weighted by Crippen LogP contribution is -1.93. The highest BCUT2D eigenvalue weighted by Crippen LogP contribution is 2.24. The number of nitrogens with one attached hydrogen (secondary N) is 2. The Labute approximate surface area is 83.0 Å². The van der Waals surface area contributed by atoms with E-state index >= 15 is 0 Å². The maximum Gasteiger partial charge on any atom is 0.434 e. The Balaban J connectivity index is 2.32. The van der Waals surface area contributed by atoms with Gasteiger partial charge in [0.1, 0.15) is 0 Å². The van der Waals surface area contributed by atoms with E-state index in [1.165, 1.54) is 0 Å². The first-order chi connectivity index (χ1) is 7.34. The first kappa shape index (κ1) is 7.98. The van der Waals surface area contributed by atoms with Gasteiger partial charge in [0.25, 0.3) is 5.89 Å². The van der Waals surface area contributed by atoms with Crippen LogP contribution in [-0.4, -0.2) is 20.2 Å². The molecule has 3 aromatic heterocycles. The zero-order valence-electron chi connectivity index (χ0n) is 7.52. The number of aromatic amines is 2. The highest BCUT2D eigenvalue weighted by Gasteiger charge is 2.10. The van der Waals surface area contributed by atoms with Crippen molar-refractivity contribution in [3.05, 3.63) is 35.2 Å². The zero-order chi connectivity index (χ0) is 10.3. The van der Waals surface area contributed by atoms with Gasteiger partial charge in [-0.1, -0.05) is 0 Å². The van der Waals surface area contributed by atoms with E-state index in [-0.39, 0.29) is 5.89 Å². The lowest BCUT2D eigenvalue weighted by atomic mass is 10.2. The molecule has 0 aromatic carbocycles. The van der Waals surface area contributed by atoms with Gasteiger partial charge in [0, 0.05) is 17.8 Å². The van der Waals surface area contributed by atoms with Crippen molar-refractivity contribution in [2.45, 2.75) is 0 Å². The van der Waals surface area contributed by atoms with Crippen LogP contribution in [-0.2, 0) is 0 Å². The largest absolute Gasteiger partial charge is 0.434 e. The Hall–Kier alpha value is -2.37. The summed E-state index contributed by atoms with van der Waals surface area (Å²) in [5.41, 5.74) is 1.61. The van der Waals surface area contributed by atoms with Crippen LogP contribution in [0, 0.1) is 0 Å². The average Bonchev–Trinajstić information content (AvgIpc) is 2.83. The molecule has 0 aliphatic carbocycles. The molecule has 0 saturated heterocycles. The third-order valence-electron chi connectivity index (χ3n) is 2.15. The predicted molar refractivity (Wildman–Crippen MR) is 52.2 cm³/mol. The predicted octanol–water partition coefficient (Wildman–Crippen LogP) is 0.906. The average molecular weight is 202 g/mol. The number of H-pyrrole nitrogens is 2. The third kappa shape index (κ3) is 1.15. The smallest absolute Gasteiger partial charge is 0.388 e. The van der Waals surface area contributed by atoms with E-state index in [4.69, 9.17) is 4.42 Å². The van der Waals surface area contributed by atoms with Gasteiger partial charge < -0.3 is 9.40 Å². The Morgan fingerprint density at radius 2 is 2.33 bits per heavy atom. The maximum absolute atomic E-state index is 10.8. The van der Waals surface area contributed by atoms with Crippen LogP contribution in [0.25, 0.3) is 22.4 Å². The second-order valence-corrected chi connectivity index (χ2v) is 3.04. The number of nitrogens with zero attached hydrogens (tertiary/aromatic N) is 2. The lowest BCUT2D eigenvalue weighted by Gasteiger charge is -1.89. The van der Waals surface area contributed by atoms with E-state index in [2.05, 4.69) is 20.2 Å². The lowest BCUT2D eigenvalue weighted by molar-refractivity contribution is 0.527. The summed E-state index contributed by atoms with van der Waals surface area (Å²) in [5.74, 6) is -0.286. The Morgan fingerprint density at radius 1 is 1.40 bits per heavy atom. The van der Waals surface area contributed by atoms with Gasteiger partial charge >= 0.3 is 5.76 Å². The van der Waals surface area contributed by atoms with Crippen molar-refractivity contribution in [2.75, 3.05) is 0 Å². The Morgan fingerprint density at radius 3 is 3.13 bits per heavy atom. The molecule has 0 saturated carbocycles. The molecule has 0 amide bonds. The van der Waals surface area contributed by atoms with Crippen molar-refractivity contribution in [3.8, 4) is 11.5 Å². The van der Waals surface area contributed by atoms with E-state index in [0.717, 1.165) is 16.5 Å². The number of aromatic nitrogens is 4. The molecule has 15 heavy (non-hydrogen) atoms. The molecule has 0 atom stereocenters. The fourth-order valence-electron chi connectivity index (χ4n) is 1.49. The van der Waals surface area contributed by atoms with Gasteiger partial charge in [-0.2, -0.15) is 0 Å². The Bertz CT molecular complexity index is 664. The summed E-state index contributed by atoms with van der Waals surface area (Å²) in [6.07, 6.45) is 5.10. The molecule has 0 bridgehead atoms. The van der Waals surface area contributed by atoms with Gasteiger partial charge in [-0.3, -0.25) is 4.98 Å². The third-order valence-corrected chi connectivity index (χ3v) is 2.15. The van der Waals surface area contributed by atoms with Crippen molar-refractivity contribution >= 4 is 10.9 Å². The van der Waals surface area contributed by atoms with E-state index in [9.17, 15) is 4.79 Å². The first-order valence-electron chi connectivity index (χ1n) is 4.31. The molecule has 0 fully saturated rings. The molecule has 6 heteroatoms. The van der Waals surface area contributed by atoms with Gasteiger partial charge in [-0.25, -0.2) is 9.89 Å². The quantitative estimate of drug-likeness (QED) is 0.613. The monoisotopic (exact) mass is 202 g/mol. The second-order valence-electron chi connectivity index (χ2n) is 3.04. The summed E-state index contributed by atoms with van der Waals surface area (Å²) in [7, 11) is 0. The van der Waals surface area contributed by atoms with Gasteiger partial charge in [0.2, 0.25) is 0 Å². The van der Waals surface area contributed by atoms with Crippen molar-refractivity contribution in [3.63, 3.8) is 0 Å². The molecule has 3 rings (SSSR count). The summed E-state index contributed by atoms with van der Waals surface area (Å²) in [6.45, 7) is 0. The minimum absolute atomic E-state index is 0.275. The fourth-order valence-corrected chi connectivity index (χ4v) is 1.49. The number of hydrogen-bond acceptors (Lipinski definition) is 4. The van der Waals surface area contributed by atoms with Crippen LogP contribution >= 0.6 is 0 Å². The maximum atomic E-state index is 10.8. The van der Waals surface area contributed by atoms with E-state index < -0.39 is 5.76 Å². The zero-order valence-corrected chi connectivity index (χ0v) is 7.52. The second kappa shape index (κ2) is 2.81. The van der Waals surface area contributed by atoms with Crippen LogP contribution in [0.3, 0.4) is 0 Å². The summed E-state index contributed by atoms with van der Waals surface area (Å²) in [6, 6.07) is 1.83. The standard InChI is InChI=1S/C9H6N4O2/c14-9-13-12-8(15-9)6-3-11-7-4-10-2-1-5(6)7/h1-4,11H,(H,13,14). The molecular weight excluding hydrogens is 196 g/mol. The summed E-state index contributed by atoms with van der Waals surface area (Å²) in [4.78, 5) is 17.8. The highest BCUT2D eigenvalue weighted by molar-refractivity contribution is 5.92. The molecule has 6 nitrogen and oxygen atoms in total. The summed E-state index contributed by atoms with van der Waals surface area (Å²) >= 11 is 0. The van der Waals surface area contributed by atoms with Crippen LogP contribution in [0.2, 0.25) is 0 Å². The van der Waals surface area contributed by atoms with Gasteiger partial charge in [-0.05, 0) is 6.07 Å². The fraction of sp³-hybridized carbons (Fsp3) is 0. The molecular formula is C9H6N4O2. The van der Waals surface area contributed by atoms with Crippen LogP contribution in [0.5, 0.6) is 0 Å². The normalized spacial score (nSPS) is 10.9. The van der Waals surface area contributed by atoms with Crippen molar-refractivity contribution in [1.82, 2.24) is 20.2 Å². The van der Waals surface area contributed by atoms with E-state index in [0.29, 0.717) is 0 Å². The minimum Gasteiger partial charge on any atom is -0.388 e. The molecule has 3 aromatic rings. The van der Waals surface area contributed by atoms with Crippen molar-refractivity contribution in [2.24, 2.45) is 0 Å². The van der Waals surface area contributed by atoms with E-state index in [1.54, 1.807) is 18.6 Å². The Kier molecular flexibility index (Phi) is 1.49. The molecule has 0 aliphatic rings. The summed E-state index contributed by atoms with van der Waals surface area (Å²) < 4.78 is 4.87. The van der Waals surface area contributed by atoms with Crippen LogP contribution < -0.4 is 5.76 Å².